The maximum Gasteiger partial charge on any atom is -0.0398 e. The zero-order valence-electron chi connectivity index (χ0n) is 9.15. The molecular formula is C11H19B-. The maximum atomic E-state index is 2.33. The highest BCUT2D eigenvalue weighted by Gasteiger charge is 2.14. The second-order valence-electron chi connectivity index (χ2n) is 4.19. The van der Waals surface area contributed by atoms with Gasteiger partial charge in [0.25, 0.3) is 0 Å². The van der Waals surface area contributed by atoms with Crippen molar-refractivity contribution < 1.29 is 0 Å². The van der Waals surface area contributed by atoms with E-state index in [0.717, 1.165) is 12.5 Å². The summed E-state index contributed by atoms with van der Waals surface area (Å²) in [6.45, 7) is 14.4. The Labute approximate surface area is 76.8 Å². The first-order valence-corrected chi connectivity index (χ1v) is 4.82. The van der Waals surface area contributed by atoms with Crippen molar-refractivity contribution in [2.24, 2.45) is 0 Å². The molecule has 1 unspecified atom stereocenters. The van der Waals surface area contributed by atoms with Crippen LogP contribution in [0.2, 0.25) is 12.6 Å². The van der Waals surface area contributed by atoms with Crippen LogP contribution in [0.25, 0.3) is 0 Å². The van der Waals surface area contributed by atoms with Crippen LogP contribution in [-0.2, 0) is 0 Å². The topological polar surface area (TPSA) is 0 Å². The lowest BCUT2D eigenvalue weighted by Gasteiger charge is -2.40. The van der Waals surface area contributed by atoms with Gasteiger partial charge in [0.2, 0.25) is 0 Å². The first-order valence-electron chi connectivity index (χ1n) is 4.82. The van der Waals surface area contributed by atoms with Crippen molar-refractivity contribution in [3.63, 3.8) is 0 Å². The van der Waals surface area contributed by atoms with Gasteiger partial charge in [0.05, 0.1) is 0 Å². The molecule has 0 amide bonds. The summed E-state index contributed by atoms with van der Waals surface area (Å²) >= 11 is 0. The van der Waals surface area contributed by atoms with Crippen LogP contribution in [-0.4, -0.2) is 6.71 Å². The Kier molecular flexibility index (Phi) is 2.50. The smallest absolute Gasteiger partial charge is 0.0398 e. The number of allylic oxidation sites excluding steroid dienone is 4. The highest BCUT2D eigenvalue weighted by molar-refractivity contribution is 6.68. The Morgan fingerprint density at radius 3 is 2.00 bits per heavy atom. The highest BCUT2D eigenvalue weighted by atomic mass is 14.1. The van der Waals surface area contributed by atoms with E-state index < -0.39 is 0 Å². The number of rotatable bonds is 0. The molecule has 0 aromatic rings. The van der Waals surface area contributed by atoms with Gasteiger partial charge < -0.3 is 0 Å². The van der Waals surface area contributed by atoms with E-state index in [4.69, 9.17) is 0 Å². The van der Waals surface area contributed by atoms with Gasteiger partial charge in [-0.05, 0) is 20.8 Å². The molecule has 0 nitrogen and oxygen atoms in total. The second-order valence-corrected chi connectivity index (χ2v) is 4.19. The molecule has 67 valence electrons. The summed E-state index contributed by atoms with van der Waals surface area (Å²) in [5.41, 5.74) is 6.17. The van der Waals surface area contributed by atoms with Crippen molar-refractivity contribution in [3.05, 3.63) is 22.2 Å². The van der Waals surface area contributed by atoms with Gasteiger partial charge in [-0.3, -0.25) is 5.47 Å². The number of hydrogen-bond acceptors (Lipinski definition) is 0. The minimum Gasteiger partial charge on any atom is -0.265 e. The van der Waals surface area contributed by atoms with E-state index in [2.05, 4.69) is 41.4 Å². The van der Waals surface area contributed by atoms with Crippen LogP contribution < -0.4 is 0 Å². The van der Waals surface area contributed by atoms with Crippen LogP contribution in [0.15, 0.2) is 22.2 Å². The van der Waals surface area contributed by atoms with Crippen LogP contribution in [0, 0.1) is 0 Å². The molecule has 1 radical (unpaired) electrons. The lowest BCUT2D eigenvalue weighted by molar-refractivity contribution is 0.995. The predicted molar refractivity (Wildman–Crippen MR) is 57.8 cm³/mol. The van der Waals surface area contributed by atoms with E-state index in [9.17, 15) is 0 Å². The van der Waals surface area contributed by atoms with Gasteiger partial charge in [0.15, 0.2) is 0 Å². The summed E-state index contributed by atoms with van der Waals surface area (Å²) in [6.07, 6.45) is 0. The van der Waals surface area contributed by atoms with Crippen molar-refractivity contribution >= 4 is 6.71 Å². The molecule has 0 saturated carbocycles. The summed E-state index contributed by atoms with van der Waals surface area (Å²) in [4.78, 5) is 0. The maximum absolute atomic E-state index is 2.33. The summed E-state index contributed by atoms with van der Waals surface area (Å²) in [5, 5.41) is 0. The fourth-order valence-corrected chi connectivity index (χ4v) is 2.02. The molecule has 0 saturated heterocycles. The molecule has 0 spiro atoms. The molecule has 0 bridgehead atoms. The minimum atomic E-state index is 0.730. The van der Waals surface area contributed by atoms with Crippen molar-refractivity contribution in [2.75, 3.05) is 0 Å². The molecule has 0 aromatic carbocycles. The van der Waals surface area contributed by atoms with E-state index in [0.29, 0.717) is 0 Å². The van der Waals surface area contributed by atoms with Crippen LogP contribution in [0.3, 0.4) is 0 Å². The van der Waals surface area contributed by atoms with Crippen LogP contribution >= 0.6 is 0 Å². The van der Waals surface area contributed by atoms with E-state index in [-0.39, 0.29) is 0 Å². The summed E-state index contributed by atoms with van der Waals surface area (Å²) in [7, 11) is 0. The van der Waals surface area contributed by atoms with Gasteiger partial charge in [0, 0.05) is 0 Å². The van der Waals surface area contributed by atoms with E-state index >= 15 is 0 Å². The SMILES string of the molecule is C[B-]1C(C)=C(C)C(C)=C(C)C1C. The standard InChI is InChI=1S/C11H19B/c1-7-8(2)10(4)12(6)11(5)9(7)3/h10H,1-6H3/q-1. The van der Waals surface area contributed by atoms with Crippen molar-refractivity contribution in [1.82, 2.24) is 0 Å². The molecule has 0 N–H and O–H groups in total. The molecule has 1 heteroatoms. The molecule has 0 aromatic heterocycles. The zero-order chi connectivity index (χ0) is 9.46. The molecule has 1 heterocycles. The van der Waals surface area contributed by atoms with E-state index in [1.807, 2.05) is 0 Å². The molecule has 1 rings (SSSR count). The number of hydrogen-bond donors (Lipinski definition) is 0. The Morgan fingerprint density at radius 1 is 1.00 bits per heavy atom. The molecule has 1 aliphatic heterocycles. The van der Waals surface area contributed by atoms with Gasteiger partial charge in [-0.2, -0.15) is 5.82 Å². The first-order chi connectivity index (χ1) is 5.46. The van der Waals surface area contributed by atoms with Crippen molar-refractivity contribution in [1.29, 1.82) is 0 Å². The van der Waals surface area contributed by atoms with Crippen molar-refractivity contribution in [3.8, 4) is 0 Å². The van der Waals surface area contributed by atoms with Crippen LogP contribution in [0.4, 0.5) is 0 Å². The largest absolute Gasteiger partial charge is 0.265 e. The first kappa shape index (κ1) is 9.63. The van der Waals surface area contributed by atoms with E-state index in [1.165, 1.54) is 11.1 Å². The van der Waals surface area contributed by atoms with Gasteiger partial charge in [0.1, 0.15) is 0 Å². The second kappa shape index (κ2) is 3.12. The Balaban J connectivity index is 3.18. The third-order valence-electron chi connectivity index (χ3n) is 3.86. The summed E-state index contributed by atoms with van der Waals surface area (Å²) < 4.78 is 0. The van der Waals surface area contributed by atoms with Gasteiger partial charge in [-0.25, -0.2) is 6.82 Å². The molecule has 0 fully saturated rings. The normalized spacial score (nSPS) is 27.0. The monoisotopic (exact) mass is 162 g/mol. The van der Waals surface area contributed by atoms with Crippen LogP contribution in [0.1, 0.15) is 34.6 Å². The molecule has 1 atom stereocenters. The van der Waals surface area contributed by atoms with Gasteiger partial charge >= 0.3 is 0 Å². The van der Waals surface area contributed by atoms with Gasteiger partial charge in [-0.1, -0.05) is 31.7 Å². The Bertz CT molecular complexity index is 230. The average Bonchev–Trinajstić information content (AvgIpc) is 2.08. The molecule has 12 heavy (non-hydrogen) atoms. The summed E-state index contributed by atoms with van der Waals surface area (Å²) in [6, 6.07) is 0. The molecular weight excluding hydrogens is 143 g/mol. The fraction of sp³-hybridized carbons (Fsp3) is 0.636. The molecule has 0 aliphatic carbocycles. The minimum absolute atomic E-state index is 0.730. The Hall–Kier alpha value is -0.455. The highest BCUT2D eigenvalue weighted by Crippen LogP contribution is 2.36. The van der Waals surface area contributed by atoms with Crippen molar-refractivity contribution in [2.45, 2.75) is 47.3 Å². The molecule has 1 aliphatic rings. The Morgan fingerprint density at radius 2 is 1.50 bits per heavy atom. The fourth-order valence-electron chi connectivity index (χ4n) is 2.02. The lowest BCUT2D eigenvalue weighted by atomic mass is 9.35. The third-order valence-corrected chi connectivity index (χ3v) is 3.86. The quantitative estimate of drug-likeness (QED) is 0.476. The lowest BCUT2D eigenvalue weighted by Crippen LogP contribution is -2.23. The van der Waals surface area contributed by atoms with E-state index in [1.54, 1.807) is 11.0 Å². The predicted octanol–water partition coefficient (Wildman–Crippen LogP) is 3.73. The average molecular weight is 162 g/mol. The third kappa shape index (κ3) is 1.26. The zero-order valence-corrected chi connectivity index (χ0v) is 9.15. The summed E-state index contributed by atoms with van der Waals surface area (Å²) in [5.74, 6) is 0.730. The van der Waals surface area contributed by atoms with Crippen LogP contribution in [0.5, 0.6) is 0 Å². The van der Waals surface area contributed by atoms with Gasteiger partial charge in [-0.15, -0.1) is 5.57 Å².